The summed E-state index contributed by atoms with van der Waals surface area (Å²) < 4.78 is 19.4. The first-order chi connectivity index (χ1) is 10.7. The molecule has 0 aliphatic carbocycles. The van der Waals surface area contributed by atoms with Crippen LogP contribution >= 0.6 is 11.3 Å². The molecule has 0 radical (unpaired) electrons. The van der Waals surface area contributed by atoms with Crippen LogP contribution in [0.3, 0.4) is 0 Å². The van der Waals surface area contributed by atoms with Crippen molar-refractivity contribution >= 4 is 17.0 Å². The van der Waals surface area contributed by atoms with Crippen molar-refractivity contribution in [2.24, 2.45) is 5.18 Å². The molecule has 116 valence electrons. The number of thiazole rings is 1. The predicted octanol–water partition coefficient (Wildman–Crippen LogP) is 3.49. The molecule has 7 heteroatoms. The maximum Gasteiger partial charge on any atom is 0.133 e. The van der Waals surface area contributed by atoms with Crippen molar-refractivity contribution in [2.45, 2.75) is 13.5 Å². The van der Waals surface area contributed by atoms with Gasteiger partial charge in [0.1, 0.15) is 16.5 Å². The Balaban J connectivity index is 1.82. The number of morpholine rings is 1. The van der Waals surface area contributed by atoms with Crippen molar-refractivity contribution in [1.29, 1.82) is 0 Å². The molecule has 2 heterocycles. The maximum atomic E-state index is 14.1. The number of nitrogens with zero attached hydrogens (tertiary/aromatic N) is 3. The highest BCUT2D eigenvalue weighted by Crippen LogP contribution is 2.32. The molecule has 1 saturated heterocycles. The molecule has 22 heavy (non-hydrogen) atoms. The van der Waals surface area contributed by atoms with Crippen LogP contribution in [0, 0.1) is 17.6 Å². The van der Waals surface area contributed by atoms with Crippen molar-refractivity contribution in [2.75, 3.05) is 26.3 Å². The Hall–Kier alpha value is -1.70. The molecule has 1 fully saturated rings. The number of halogens is 1. The zero-order valence-electron chi connectivity index (χ0n) is 12.2. The Morgan fingerprint density at radius 2 is 2.18 bits per heavy atom. The van der Waals surface area contributed by atoms with Gasteiger partial charge in [-0.05, 0) is 29.8 Å². The molecule has 1 aromatic carbocycles. The zero-order chi connectivity index (χ0) is 15.5. The number of aryl methyl sites for hydroxylation is 1. The molecular formula is C15H16FN3O2S. The van der Waals surface area contributed by atoms with Gasteiger partial charge in [0.2, 0.25) is 0 Å². The van der Waals surface area contributed by atoms with Crippen LogP contribution in [0.15, 0.2) is 22.7 Å². The average molecular weight is 321 g/mol. The Morgan fingerprint density at radius 1 is 1.41 bits per heavy atom. The maximum absolute atomic E-state index is 14.1. The number of rotatable bonds is 4. The third-order valence-corrected chi connectivity index (χ3v) is 4.58. The number of nitroso groups, excluding NO2 is 1. The summed E-state index contributed by atoms with van der Waals surface area (Å²) in [6.45, 7) is 5.62. The van der Waals surface area contributed by atoms with Crippen LogP contribution in [0.1, 0.15) is 11.3 Å². The number of aromatic nitrogens is 1. The van der Waals surface area contributed by atoms with Gasteiger partial charge >= 0.3 is 0 Å². The summed E-state index contributed by atoms with van der Waals surface area (Å²) in [5.41, 5.74) is 2.02. The monoisotopic (exact) mass is 321 g/mol. The topological polar surface area (TPSA) is 54.8 Å². The van der Waals surface area contributed by atoms with E-state index in [0.29, 0.717) is 16.1 Å². The number of ether oxygens (including phenoxy) is 1. The van der Waals surface area contributed by atoms with E-state index in [1.807, 2.05) is 5.38 Å². The Bertz CT molecular complexity index is 683. The highest BCUT2D eigenvalue weighted by Gasteiger charge is 2.16. The van der Waals surface area contributed by atoms with Crippen LogP contribution in [0.2, 0.25) is 0 Å². The van der Waals surface area contributed by atoms with Gasteiger partial charge in [-0.15, -0.1) is 16.2 Å². The van der Waals surface area contributed by atoms with E-state index in [9.17, 15) is 9.30 Å². The highest BCUT2D eigenvalue weighted by molar-refractivity contribution is 7.13. The lowest BCUT2D eigenvalue weighted by atomic mass is 10.1. The van der Waals surface area contributed by atoms with Crippen molar-refractivity contribution in [3.05, 3.63) is 39.5 Å². The zero-order valence-corrected chi connectivity index (χ0v) is 13.0. The summed E-state index contributed by atoms with van der Waals surface area (Å²) in [4.78, 5) is 17.5. The third kappa shape index (κ3) is 3.21. The molecule has 3 rings (SSSR count). The van der Waals surface area contributed by atoms with Gasteiger partial charge in [0, 0.05) is 30.6 Å². The van der Waals surface area contributed by atoms with E-state index in [0.717, 1.165) is 38.5 Å². The minimum atomic E-state index is -0.378. The standard InChI is InChI=1S/C15H16FN3O2S/c1-10-6-13(16)12(7-14(10)18-20)15-17-11(9-22-15)8-19-2-4-21-5-3-19/h6-7,9H,2-5,8H2,1H3. The molecular weight excluding hydrogens is 305 g/mol. The largest absolute Gasteiger partial charge is 0.379 e. The molecule has 0 saturated carbocycles. The Morgan fingerprint density at radius 3 is 2.91 bits per heavy atom. The van der Waals surface area contributed by atoms with Crippen molar-refractivity contribution in [1.82, 2.24) is 9.88 Å². The van der Waals surface area contributed by atoms with Crippen molar-refractivity contribution in [3.63, 3.8) is 0 Å². The van der Waals surface area contributed by atoms with E-state index in [4.69, 9.17) is 4.74 Å². The first-order valence-corrected chi connectivity index (χ1v) is 7.93. The molecule has 0 bridgehead atoms. The van der Waals surface area contributed by atoms with Gasteiger partial charge in [0.05, 0.1) is 18.9 Å². The predicted molar refractivity (Wildman–Crippen MR) is 83.8 cm³/mol. The van der Waals surface area contributed by atoms with Crippen LogP contribution in [-0.4, -0.2) is 36.2 Å². The molecule has 1 aromatic heterocycles. The number of hydrogen-bond acceptors (Lipinski definition) is 6. The lowest BCUT2D eigenvalue weighted by Crippen LogP contribution is -2.35. The second-order valence-corrected chi connectivity index (χ2v) is 6.10. The number of benzene rings is 1. The van der Waals surface area contributed by atoms with Crippen LogP contribution in [0.4, 0.5) is 10.1 Å². The summed E-state index contributed by atoms with van der Waals surface area (Å²) in [6.07, 6.45) is 0. The average Bonchev–Trinajstić information content (AvgIpc) is 2.97. The molecule has 0 unspecified atom stereocenters. The van der Waals surface area contributed by atoms with Crippen LogP contribution in [0.5, 0.6) is 0 Å². The van der Waals surface area contributed by atoms with Crippen LogP contribution in [-0.2, 0) is 11.3 Å². The third-order valence-electron chi connectivity index (χ3n) is 3.66. The fraction of sp³-hybridized carbons (Fsp3) is 0.400. The molecule has 1 aliphatic rings. The lowest BCUT2D eigenvalue weighted by molar-refractivity contribution is 0.0337. The van der Waals surface area contributed by atoms with Gasteiger partial charge in [-0.1, -0.05) is 0 Å². The minimum absolute atomic E-state index is 0.251. The summed E-state index contributed by atoms with van der Waals surface area (Å²) in [7, 11) is 0. The van der Waals surface area contributed by atoms with Gasteiger partial charge in [-0.3, -0.25) is 4.90 Å². The molecule has 0 atom stereocenters. The first-order valence-electron chi connectivity index (χ1n) is 7.06. The molecule has 1 aliphatic heterocycles. The summed E-state index contributed by atoms with van der Waals surface area (Å²) in [5, 5.41) is 5.44. The second-order valence-electron chi connectivity index (χ2n) is 5.24. The Labute approximate surface area is 131 Å². The highest BCUT2D eigenvalue weighted by atomic mass is 32.1. The smallest absolute Gasteiger partial charge is 0.133 e. The number of hydrogen-bond donors (Lipinski definition) is 0. The molecule has 2 aromatic rings. The molecule has 5 nitrogen and oxygen atoms in total. The van der Waals surface area contributed by atoms with Gasteiger partial charge in [0.15, 0.2) is 0 Å². The van der Waals surface area contributed by atoms with Crippen molar-refractivity contribution in [3.8, 4) is 10.6 Å². The van der Waals surface area contributed by atoms with E-state index in [2.05, 4.69) is 15.1 Å². The van der Waals surface area contributed by atoms with Gasteiger partial charge in [0.25, 0.3) is 0 Å². The quantitative estimate of drug-likeness (QED) is 0.809. The summed E-state index contributed by atoms with van der Waals surface area (Å²) in [5.74, 6) is -0.378. The molecule has 0 spiro atoms. The van der Waals surface area contributed by atoms with Gasteiger partial charge in [-0.25, -0.2) is 9.37 Å². The molecule has 0 amide bonds. The molecule has 0 N–H and O–H groups in total. The van der Waals surface area contributed by atoms with E-state index in [1.54, 1.807) is 6.92 Å². The second kappa shape index (κ2) is 6.60. The fourth-order valence-corrected chi connectivity index (χ4v) is 3.24. The SMILES string of the molecule is Cc1cc(F)c(-c2nc(CN3CCOCC3)cs2)cc1N=O. The summed E-state index contributed by atoms with van der Waals surface area (Å²) >= 11 is 1.38. The van der Waals surface area contributed by atoms with Gasteiger partial charge < -0.3 is 4.74 Å². The van der Waals surface area contributed by atoms with Crippen LogP contribution in [0.25, 0.3) is 10.6 Å². The lowest BCUT2D eigenvalue weighted by Gasteiger charge is -2.25. The van der Waals surface area contributed by atoms with Crippen molar-refractivity contribution < 1.29 is 9.13 Å². The Kier molecular flexibility index (Phi) is 4.56. The van der Waals surface area contributed by atoms with E-state index in [-0.39, 0.29) is 11.5 Å². The van der Waals surface area contributed by atoms with Gasteiger partial charge in [-0.2, -0.15) is 0 Å². The van der Waals surface area contributed by atoms with E-state index < -0.39 is 0 Å². The van der Waals surface area contributed by atoms with Crippen LogP contribution < -0.4 is 0 Å². The first kappa shape index (κ1) is 15.2. The fourth-order valence-electron chi connectivity index (χ4n) is 2.42. The minimum Gasteiger partial charge on any atom is -0.379 e. The normalized spacial score (nSPS) is 15.9. The van der Waals surface area contributed by atoms with E-state index in [1.165, 1.54) is 23.5 Å². The summed E-state index contributed by atoms with van der Waals surface area (Å²) in [6, 6.07) is 2.80. The van der Waals surface area contributed by atoms with E-state index >= 15 is 0 Å².